The first kappa shape index (κ1) is 15.3. The summed E-state index contributed by atoms with van der Waals surface area (Å²) in [7, 11) is 1.61. The standard InChI is InChI=1S/C15H19N3O2S/c1-4-11(14(19)18-15-16-10(2)9-21-15)17-12-7-5-6-8-13(12)20-3/h5-9,11,17H,4H2,1-3H3,(H,16,18,19)/t11-/m0/s1. The first-order chi connectivity index (χ1) is 10.1. The molecule has 6 heteroatoms. The quantitative estimate of drug-likeness (QED) is 0.859. The Labute approximate surface area is 128 Å². The molecule has 2 N–H and O–H groups in total. The molecule has 1 atom stereocenters. The van der Waals surface area contributed by atoms with Crippen LogP contribution in [0.4, 0.5) is 10.8 Å². The highest BCUT2D eigenvalue weighted by atomic mass is 32.1. The number of nitrogens with one attached hydrogen (secondary N) is 2. The minimum absolute atomic E-state index is 0.0993. The number of carbonyl (C=O) groups is 1. The first-order valence-electron chi connectivity index (χ1n) is 6.76. The van der Waals surface area contributed by atoms with Crippen LogP contribution in [0.1, 0.15) is 19.0 Å². The van der Waals surface area contributed by atoms with Crippen LogP contribution in [-0.4, -0.2) is 24.0 Å². The van der Waals surface area contributed by atoms with E-state index in [1.54, 1.807) is 7.11 Å². The molecule has 0 aliphatic carbocycles. The molecule has 2 rings (SSSR count). The van der Waals surface area contributed by atoms with Crippen LogP contribution < -0.4 is 15.4 Å². The minimum Gasteiger partial charge on any atom is -0.495 e. The normalized spacial score (nSPS) is 11.8. The SMILES string of the molecule is CC[C@H](Nc1ccccc1OC)C(=O)Nc1nc(C)cs1. The van der Waals surface area contributed by atoms with Gasteiger partial charge in [0.1, 0.15) is 11.8 Å². The zero-order valence-electron chi connectivity index (χ0n) is 12.3. The average Bonchev–Trinajstić information content (AvgIpc) is 2.90. The van der Waals surface area contributed by atoms with E-state index >= 15 is 0 Å². The van der Waals surface area contributed by atoms with Gasteiger partial charge < -0.3 is 15.4 Å². The molecule has 0 aliphatic rings. The summed E-state index contributed by atoms with van der Waals surface area (Å²) < 4.78 is 5.29. The number of thiazole rings is 1. The lowest BCUT2D eigenvalue weighted by molar-refractivity contribution is -0.116. The molecule has 5 nitrogen and oxygen atoms in total. The predicted molar refractivity (Wildman–Crippen MR) is 86.2 cm³/mol. The molecule has 1 amide bonds. The highest BCUT2D eigenvalue weighted by molar-refractivity contribution is 7.13. The predicted octanol–water partition coefficient (Wildman–Crippen LogP) is 3.29. The summed E-state index contributed by atoms with van der Waals surface area (Å²) in [6, 6.07) is 7.20. The summed E-state index contributed by atoms with van der Waals surface area (Å²) in [5.74, 6) is 0.617. The summed E-state index contributed by atoms with van der Waals surface area (Å²) >= 11 is 1.42. The molecular weight excluding hydrogens is 286 g/mol. The maximum atomic E-state index is 12.3. The Morgan fingerprint density at radius 3 is 2.81 bits per heavy atom. The van der Waals surface area contributed by atoms with Crippen LogP contribution in [0.25, 0.3) is 0 Å². The molecular formula is C15H19N3O2S. The van der Waals surface area contributed by atoms with Crippen LogP contribution in [0.3, 0.4) is 0 Å². The van der Waals surface area contributed by atoms with E-state index in [1.807, 2.05) is 43.5 Å². The van der Waals surface area contributed by atoms with Crippen molar-refractivity contribution in [3.05, 3.63) is 35.3 Å². The van der Waals surface area contributed by atoms with E-state index in [0.717, 1.165) is 11.4 Å². The van der Waals surface area contributed by atoms with Gasteiger partial charge in [-0.2, -0.15) is 0 Å². The van der Waals surface area contributed by atoms with Crippen molar-refractivity contribution < 1.29 is 9.53 Å². The molecule has 21 heavy (non-hydrogen) atoms. The van der Waals surface area contributed by atoms with E-state index in [4.69, 9.17) is 4.74 Å². The van der Waals surface area contributed by atoms with Gasteiger partial charge in [0.25, 0.3) is 0 Å². The number of methoxy groups -OCH3 is 1. The van der Waals surface area contributed by atoms with Gasteiger partial charge in [-0.25, -0.2) is 4.98 Å². The van der Waals surface area contributed by atoms with Gasteiger partial charge >= 0.3 is 0 Å². The minimum atomic E-state index is -0.342. The number of amides is 1. The molecule has 112 valence electrons. The third-order valence-electron chi connectivity index (χ3n) is 3.01. The molecule has 0 aliphatic heterocycles. The lowest BCUT2D eigenvalue weighted by atomic mass is 10.2. The molecule has 0 saturated heterocycles. The van der Waals surface area contributed by atoms with Crippen LogP contribution in [0.15, 0.2) is 29.6 Å². The van der Waals surface area contributed by atoms with Gasteiger partial charge in [-0.3, -0.25) is 4.79 Å². The Morgan fingerprint density at radius 2 is 2.19 bits per heavy atom. The number of rotatable bonds is 6. The van der Waals surface area contributed by atoms with Crippen LogP contribution in [-0.2, 0) is 4.79 Å². The van der Waals surface area contributed by atoms with Gasteiger partial charge in [0, 0.05) is 5.38 Å². The highest BCUT2D eigenvalue weighted by Crippen LogP contribution is 2.24. The lowest BCUT2D eigenvalue weighted by Gasteiger charge is -2.18. The van der Waals surface area contributed by atoms with E-state index in [9.17, 15) is 4.79 Å². The van der Waals surface area contributed by atoms with Crippen LogP contribution in [0, 0.1) is 6.92 Å². The molecule has 2 aromatic rings. The number of aryl methyl sites for hydroxylation is 1. The fourth-order valence-electron chi connectivity index (χ4n) is 1.91. The number of anilines is 2. The number of carbonyl (C=O) groups excluding carboxylic acids is 1. The monoisotopic (exact) mass is 305 g/mol. The number of ether oxygens (including phenoxy) is 1. The largest absolute Gasteiger partial charge is 0.495 e. The van der Waals surface area contributed by atoms with Crippen molar-refractivity contribution in [2.24, 2.45) is 0 Å². The van der Waals surface area contributed by atoms with Crippen molar-refractivity contribution in [3.8, 4) is 5.75 Å². The second kappa shape index (κ2) is 7.08. The topological polar surface area (TPSA) is 63.2 Å². The Balaban J connectivity index is 2.06. The Hall–Kier alpha value is -2.08. The number of benzene rings is 1. The molecule has 0 radical (unpaired) electrons. The fourth-order valence-corrected chi connectivity index (χ4v) is 2.60. The van der Waals surface area contributed by atoms with Crippen molar-refractivity contribution in [2.45, 2.75) is 26.3 Å². The highest BCUT2D eigenvalue weighted by Gasteiger charge is 2.18. The van der Waals surface area contributed by atoms with E-state index in [-0.39, 0.29) is 11.9 Å². The average molecular weight is 305 g/mol. The molecule has 0 fully saturated rings. The number of nitrogens with zero attached hydrogens (tertiary/aromatic N) is 1. The molecule has 0 unspecified atom stereocenters. The summed E-state index contributed by atoms with van der Waals surface area (Å²) in [5.41, 5.74) is 1.71. The molecule has 1 heterocycles. The van der Waals surface area contributed by atoms with Crippen LogP contribution in [0.5, 0.6) is 5.75 Å². The fraction of sp³-hybridized carbons (Fsp3) is 0.333. The van der Waals surface area contributed by atoms with Gasteiger partial charge in [0.15, 0.2) is 5.13 Å². The summed E-state index contributed by atoms with van der Waals surface area (Å²) in [6.45, 7) is 3.86. The number of hydrogen-bond donors (Lipinski definition) is 2. The molecule has 0 bridgehead atoms. The van der Waals surface area contributed by atoms with E-state index < -0.39 is 0 Å². The van der Waals surface area contributed by atoms with E-state index in [2.05, 4.69) is 15.6 Å². The third kappa shape index (κ3) is 3.95. The van der Waals surface area contributed by atoms with Crippen molar-refractivity contribution in [2.75, 3.05) is 17.7 Å². The zero-order valence-corrected chi connectivity index (χ0v) is 13.2. The Morgan fingerprint density at radius 1 is 1.43 bits per heavy atom. The maximum absolute atomic E-state index is 12.3. The van der Waals surface area contributed by atoms with Gasteiger partial charge in [-0.05, 0) is 25.5 Å². The Bertz CT molecular complexity index is 612. The van der Waals surface area contributed by atoms with Crippen molar-refractivity contribution in [3.63, 3.8) is 0 Å². The van der Waals surface area contributed by atoms with Crippen LogP contribution >= 0.6 is 11.3 Å². The Kier molecular flexibility index (Phi) is 5.16. The molecule has 1 aromatic carbocycles. The second-order valence-electron chi connectivity index (χ2n) is 4.59. The van der Waals surface area contributed by atoms with Crippen molar-refractivity contribution in [1.29, 1.82) is 0 Å². The number of hydrogen-bond acceptors (Lipinski definition) is 5. The summed E-state index contributed by atoms with van der Waals surface area (Å²) in [5, 5.41) is 8.58. The summed E-state index contributed by atoms with van der Waals surface area (Å²) in [6.07, 6.45) is 0.661. The molecule has 1 aromatic heterocycles. The summed E-state index contributed by atoms with van der Waals surface area (Å²) in [4.78, 5) is 16.6. The second-order valence-corrected chi connectivity index (χ2v) is 5.45. The van der Waals surface area contributed by atoms with Gasteiger partial charge in [0.05, 0.1) is 18.5 Å². The van der Waals surface area contributed by atoms with E-state index in [1.165, 1.54) is 11.3 Å². The number of aromatic nitrogens is 1. The van der Waals surface area contributed by atoms with Gasteiger partial charge in [-0.1, -0.05) is 19.1 Å². The zero-order chi connectivity index (χ0) is 15.2. The van der Waals surface area contributed by atoms with Gasteiger partial charge in [0.2, 0.25) is 5.91 Å². The van der Waals surface area contributed by atoms with Gasteiger partial charge in [-0.15, -0.1) is 11.3 Å². The third-order valence-corrected chi connectivity index (χ3v) is 3.89. The number of para-hydroxylation sites is 2. The smallest absolute Gasteiger partial charge is 0.248 e. The van der Waals surface area contributed by atoms with Crippen LogP contribution in [0.2, 0.25) is 0 Å². The molecule has 0 spiro atoms. The van der Waals surface area contributed by atoms with Crippen molar-refractivity contribution in [1.82, 2.24) is 4.98 Å². The van der Waals surface area contributed by atoms with Crippen molar-refractivity contribution >= 4 is 28.1 Å². The first-order valence-corrected chi connectivity index (χ1v) is 7.64. The maximum Gasteiger partial charge on any atom is 0.248 e. The molecule has 0 saturated carbocycles. The lowest BCUT2D eigenvalue weighted by Crippen LogP contribution is -2.34. The van der Waals surface area contributed by atoms with E-state index in [0.29, 0.717) is 17.3 Å².